The van der Waals surface area contributed by atoms with Crippen LogP contribution in [0.1, 0.15) is 43.9 Å². The Balaban J connectivity index is 2.06. The molecule has 2 aromatic rings. The van der Waals surface area contributed by atoms with Crippen LogP contribution in [0, 0.1) is 0 Å². The quantitative estimate of drug-likeness (QED) is 0.786. The molecule has 0 aliphatic heterocycles. The van der Waals surface area contributed by atoms with Crippen molar-refractivity contribution < 1.29 is 9.84 Å². The fraction of sp³-hybridized carbons (Fsp3) is 0.500. The Morgan fingerprint density at radius 1 is 1.35 bits per heavy atom. The molecule has 2 atom stereocenters. The summed E-state index contributed by atoms with van der Waals surface area (Å²) in [5, 5.41) is 18.3. The van der Waals surface area contributed by atoms with Crippen LogP contribution in [0.3, 0.4) is 0 Å². The minimum absolute atomic E-state index is 0.203. The summed E-state index contributed by atoms with van der Waals surface area (Å²) in [6, 6.07) is 8.29. The van der Waals surface area contributed by atoms with Gasteiger partial charge >= 0.3 is 0 Å². The Morgan fingerprint density at radius 2 is 2.04 bits per heavy atom. The van der Waals surface area contributed by atoms with Crippen molar-refractivity contribution in [2.75, 3.05) is 13.7 Å². The first-order valence-corrected chi connectivity index (χ1v) is 8.05. The number of methoxy groups -OCH3 is 1. The van der Waals surface area contributed by atoms with E-state index in [-0.39, 0.29) is 6.04 Å². The first kappa shape index (κ1) is 17.5. The lowest BCUT2D eigenvalue weighted by atomic mass is 9.97. The van der Waals surface area contributed by atoms with Crippen LogP contribution in [-0.4, -0.2) is 28.5 Å². The van der Waals surface area contributed by atoms with E-state index in [1.807, 2.05) is 32.3 Å². The molecular weight excluding hydrogens is 290 g/mol. The van der Waals surface area contributed by atoms with Gasteiger partial charge in [0.15, 0.2) is 0 Å². The second kappa shape index (κ2) is 7.62. The number of hydrogen-bond acceptors (Lipinski definition) is 4. The third-order valence-electron chi connectivity index (χ3n) is 4.11. The lowest BCUT2D eigenvalue weighted by molar-refractivity contribution is 0.0533. The largest absolute Gasteiger partial charge is 0.497 e. The van der Waals surface area contributed by atoms with E-state index in [0.29, 0.717) is 6.54 Å². The normalized spacial score (nSPS) is 15.2. The van der Waals surface area contributed by atoms with E-state index in [1.165, 1.54) is 5.56 Å². The molecule has 0 saturated carbocycles. The lowest BCUT2D eigenvalue weighted by Crippen LogP contribution is -2.37. The van der Waals surface area contributed by atoms with Gasteiger partial charge in [0.1, 0.15) is 11.4 Å². The Hall–Kier alpha value is -1.85. The predicted octanol–water partition coefficient (Wildman–Crippen LogP) is 2.77. The molecule has 0 aliphatic rings. The molecule has 23 heavy (non-hydrogen) atoms. The molecule has 2 N–H and O–H groups in total. The number of aryl methyl sites for hydroxylation is 1. The molecule has 5 nitrogen and oxygen atoms in total. The predicted molar refractivity (Wildman–Crippen MR) is 91.4 cm³/mol. The van der Waals surface area contributed by atoms with Gasteiger partial charge in [0.05, 0.1) is 13.3 Å². The molecule has 1 heterocycles. The standard InChI is InChI=1S/C18H27N3O2/c1-5-6-17(14-7-9-16(23-4)10-8-14)19-13-18(2,22)15-11-20-21(3)12-15/h7-12,17,19,22H,5-6,13H2,1-4H3. The molecule has 126 valence electrons. The average Bonchev–Trinajstić information content (AvgIpc) is 2.99. The van der Waals surface area contributed by atoms with Crippen LogP contribution < -0.4 is 10.1 Å². The first-order valence-electron chi connectivity index (χ1n) is 8.05. The van der Waals surface area contributed by atoms with Crippen molar-refractivity contribution >= 4 is 0 Å². The van der Waals surface area contributed by atoms with E-state index >= 15 is 0 Å². The maximum atomic E-state index is 10.7. The minimum Gasteiger partial charge on any atom is -0.497 e. The van der Waals surface area contributed by atoms with E-state index < -0.39 is 5.60 Å². The maximum Gasteiger partial charge on any atom is 0.118 e. The van der Waals surface area contributed by atoms with Gasteiger partial charge in [-0.2, -0.15) is 5.10 Å². The van der Waals surface area contributed by atoms with Crippen LogP contribution in [0.2, 0.25) is 0 Å². The minimum atomic E-state index is -0.952. The highest BCUT2D eigenvalue weighted by Gasteiger charge is 2.26. The molecule has 0 bridgehead atoms. The second-order valence-electron chi connectivity index (χ2n) is 6.17. The SMILES string of the molecule is CCCC(NCC(C)(O)c1cnn(C)c1)c1ccc(OC)cc1. The number of hydrogen-bond donors (Lipinski definition) is 2. The number of ether oxygens (including phenoxy) is 1. The lowest BCUT2D eigenvalue weighted by Gasteiger charge is -2.27. The summed E-state index contributed by atoms with van der Waals surface area (Å²) in [5.41, 5.74) is 1.07. The molecule has 2 unspecified atom stereocenters. The zero-order valence-electron chi connectivity index (χ0n) is 14.4. The van der Waals surface area contributed by atoms with Crippen molar-refractivity contribution in [1.29, 1.82) is 0 Å². The monoisotopic (exact) mass is 317 g/mol. The van der Waals surface area contributed by atoms with Crippen LogP contribution in [0.4, 0.5) is 0 Å². The van der Waals surface area contributed by atoms with Gasteiger partial charge < -0.3 is 15.2 Å². The van der Waals surface area contributed by atoms with Crippen LogP contribution in [-0.2, 0) is 12.6 Å². The number of rotatable bonds is 8. The number of nitrogens with zero attached hydrogens (tertiary/aromatic N) is 2. The van der Waals surface area contributed by atoms with Gasteiger partial charge in [-0.3, -0.25) is 4.68 Å². The van der Waals surface area contributed by atoms with E-state index in [9.17, 15) is 5.11 Å². The van der Waals surface area contributed by atoms with Crippen molar-refractivity contribution in [2.45, 2.75) is 38.3 Å². The van der Waals surface area contributed by atoms with Crippen LogP contribution >= 0.6 is 0 Å². The van der Waals surface area contributed by atoms with Crippen molar-refractivity contribution in [2.24, 2.45) is 7.05 Å². The van der Waals surface area contributed by atoms with Crippen molar-refractivity contribution in [3.63, 3.8) is 0 Å². The van der Waals surface area contributed by atoms with Crippen molar-refractivity contribution in [1.82, 2.24) is 15.1 Å². The summed E-state index contributed by atoms with van der Waals surface area (Å²) >= 11 is 0. The molecule has 0 amide bonds. The van der Waals surface area contributed by atoms with Gasteiger partial charge in [-0.15, -0.1) is 0 Å². The summed E-state index contributed by atoms with van der Waals surface area (Å²) in [6.45, 7) is 4.45. The van der Waals surface area contributed by atoms with Gasteiger partial charge in [-0.25, -0.2) is 0 Å². The Morgan fingerprint density at radius 3 is 2.57 bits per heavy atom. The van der Waals surface area contributed by atoms with E-state index in [4.69, 9.17) is 4.74 Å². The highest BCUT2D eigenvalue weighted by molar-refractivity contribution is 5.29. The Bertz CT molecular complexity index is 605. The molecule has 2 rings (SSSR count). The second-order valence-corrected chi connectivity index (χ2v) is 6.17. The van der Waals surface area contributed by atoms with Gasteiger partial charge in [0.25, 0.3) is 0 Å². The van der Waals surface area contributed by atoms with Gasteiger partial charge in [0.2, 0.25) is 0 Å². The molecule has 0 radical (unpaired) electrons. The third-order valence-corrected chi connectivity index (χ3v) is 4.11. The topological polar surface area (TPSA) is 59.3 Å². The smallest absolute Gasteiger partial charge is 0.118 e. The number of aliphatic hydroxyl groups is 1. The number of nitrogens with one attached hydrogen (secondary N) is 1. The third kappa shape index (κ3) is 4.56. The highest BCUT2D eigenvalue weighted by Crippen LogP contribution is 2.24. The highest BCUT2D eigenvalue weighted by atomic mass is 16.5. The van der Waals surface area contributed by atoms with E-state index in [1.54, 1.807) is 18.0 Å². The van der Waals surface area contributed by atoms with Gasteiger partial charge in [-0.1, -0.05) is 25.5 Å². The summed E-state index contributed by atoms with van der Waals surface area (Å²) in [7, 11) is 3.52. The zero-order valence-corrected chi connectivity index (χ0v) is 14.4. The first-order chi connectivity index (χ1) is 11.0. The van der Waals surface area contributed by atoms with Gasteiger partial charge in [-0.05, 0) is 31.0 Å². The molecule has 5 heteroatoms. The van der Waals surface area contributed by atoms with E-state index in [2.05, 4.69) is 29.5 Å². The molecule has 0 aliphatic carbocycles. The number of benzene rings is 1. The molecular formula is C18H27N3O2. The Kier molecular flexibility index (Phi) is 5.80. The molecule has 0 saturated heterocycles. The summed E-state index contributed by atoms with van der Waals surface area (Å²) in [5.74, 6) is 0.853. The molecule has 0 fully saturated rings. The average molecular weight is 317 g/mol. The van der Waals surface area contributed by atoms with Crippen molar-refractivity contribution in [3.8, 4) is 5.75 Å². The summed E-state index contributed by atoms with van der Waals surface area (Å²) in [6.07, 6.45) is 5.64. The zero-order chi connectivity index (χ0) is 16.9. The van der Waals surface area contributed by atoms with Crippen molar-refractivity contribution in [3.05, 3.63) is 47.8 Å². The fourth-order valence-electron chi connectivity index (χ4n) is 2.63. The van der Waals surface area contributed by atoms with Crippen LogP contribution in [0.15, 0.2) is 36.7 Å². The Labute approximate surface area is 138 Å². The summed E-state index contributed by atoms with van der Waals surface area (Å²) < 4.78 is 6.92. The van der Waals surface area contributed by atoms with Crippen LogP contribution in [0.5, 0.6) is 5.75 Å². The van der Waals surface area contributed by atoms with E-state index in [0.717, 1.165) is 24.2 Å². The van der Waals surface area contributed by atoms with Gasteiger partial charge in [0, 0.05) is 31.4 Å². The molecule has 1 aromatic carbocycles. The maximum absolute atomic E-state index is 10.7. The molecule has 1 aromatic heterocycles. The molecule has 0 spiro atoms. The summed E-state index contributed by atoms with van der Waals surface area (Å²) in [4.78, 5) is 0. The van der Waals surface area contributed by atoms with Crippen LogP contribution in [0.25, 0.3) is 0 Å². The fourth-order valence-corrected chi connectivity index (χ4v) is 2.63. The number of aromatic nitrogens is 2.